The molecule has 1 rings (SSSR count). The van der Waals surface area contributed by atoms with Crippen molar-refractivity contribution in [3.05, 3.63) is 11.4 Å². The van der Waals surface area contributed by atoms with E-state index < -0.39 is 5.97 Å². The Bertz CT molecular complexity index is 399. The van der Waals surface area contributed by atoms with Crippen molar-refractivity contribution in [3.8, 4) is 0 Å². The molecular weight excluding hydrogens is 232 g/mol. The summed E-state index contributed by atoms with van der Waals surface area (Å²) in [5.41, 5.74) is 1.18. The molecule has 1 aromatic rings. The molecule has 102 valence electrons. The third-order valence-corrected chi connectivity index (χ3v) is 2.67. The fraction of sp³-hybridized carbons (Fsp3) is 0.750. The van der Waals surface area contributed by atoms with Gasteiger partial charge >= 0.3 is 5.97 Å². The Morgan fingerprint density at radius 2 is 2.11 bits per heavy atom. The van der Waals surface area contributed by atoms with Crippen LogP contribution in [0.5, 0.6) is 0 Å². The molecule has 0 aliphatic heterocycles. The summed E-state index contributed by atoms with van der Waals surface area (Å²) in [7, 11) is 5.42. The number of methoxy groups -OCH3 is 1. The second-order valence-electron chi connectivity index (χ2n) is 4.85. The number of aromatic nitrogens is 3. The molecule has 0 aromatic carbocycles. The predicted molar refractivity (Wildman–Crippen MR) is 68.6 cm³/mol. The van der Waals surface area contributed by atoms with E-state index >= 15 is 0 Å². The Hall–Kier alpha value is -1.43. The molecule has 1 heterocycles. The van der Waals surface area contributed by atoms with Crippen LogP contribution in [0.3, 0.4) is 0 Å². The van der Waals surface area contributed by atoms with Crippen LogP contribution in [0, 0.1) is 0 Å². The lowest BCUT2D eigenvalue weighted by Crippen LogP contribution is -2.17. The highest BCUT2D eigenvalue weighted by Crippen LogP contribution is 2.18. The maximum atomic E-state index is 11.6. The first kappa shape index (κ1) is 14.6. The summed E-state index contributed by atoms with van der Waals surface area (Å²) >= 11 is 0. The SMILES string of the molecule is COC(=O)c1nnn(CCCN(C)C)c1C(C)C. The molecule has 1 aromatic heterocycles. The zero-order valence-electron chi connectivity index (χ0n) is 11.8. The molecule has 0 amide bonds. The smallest absolute Gasteiger partial charge is 0.360 e. The molecule has 6 heteroatoms. The van der Waals surface area contributed by atoms with E-state index in [2.05, 4.69) is 15.2 Å². The lowest BCUT2D eigenvalue weighted by Gasteiger charge is -2.12. The second kappa shape index (κ2) is 6.49. The van der Waals surface area contributed by atoms with Crippen LogP contribution in [-0.2, 0) is 11.3 Å². The number of hydrogen-bond acceptors (Lipinski definition) is 5. The predicted octanol–water partition coefficient (Wildman–Crippen LogP) is 1.14. The average Bonchev–Trinajstić information content (AvgIpc) is 2.71. The summed E-state index contributed by atoms with van der Waals surface area (Å²) in [5, 5.41) is 7.98. The first-order chi connectivity index (χ1) is 8.47. The maximum absolute atomic E-state index is 11.6. The number of hydrogen-bond donors (Lipinski definition) is 0. The highest BCUT2D eigenvalue weighted by Gasteiger charge is 2.22. The number of carbonyl (C=O) groups is 1. The van der Waals surface area contributed by atoms with Crippen LogP contribution in [0.2, 0.25) is 0 Å². The number of esters is 1. The van der Waals surface area contributed by atoms with Crippen molar-refractivity contribution in [1.29, 1.82) is 0 Å². The van der Waals surface area contributed by atoms with Crippen molar-refractivity contribution in [3.63, 3.8) is 0 Å². The van der Waals surface area contributed by atoms with Crippen LogP contribution in [0.4, 0.5) is 0 Å². The van der Waals surface area contributed by atoms with Gasteiger partial charge in [0.05, 0.1) is 12.8 Å². The van der Waals surface area contributed by atoms with Crippen molar-refractivity contribution in [2.75, 3.05) is 27.7 Å². The van der Waals surface area contributed by atoms with E-state index in [0.717, 1.165) is 25.2 Å². The quantitative estimate of drug-likeness (QED) is 0.712. The summed E-state index contributed by atoms with van der Waals surface area (Å²) < 4.78 is 6.53. The zero-order valence-corrected chi connectivity index (χ0v) is 11.8. The van der Waals surface area contributed by atoms with Gasteiger partial charge < -0.3 is 9.64 Å². The van der Waals surface area contributed by atoms with Crippen molar-refractivity contribution >= 4 is 5.97 Å². The Labute approximate surface area is 108 Å². The number of carbonyl (C=O) groups excluding carboxylic acids is 1. The van der Waals surface area contributed by atoms with Gasteiger partial charge in [-0.25, -0.2) is 9.48 Å². The van der Waals surface area contributed by atoms with Gasteiger partial charge in [-0.15, -0.1) is 5.10 Å². The molecule has 18 heavy (non-hydrogen) atoms. The summed E-state index contributed by atoms with van der Waals surface area (Å²) in [4.78, 5) is 13.7. The molecular formula is C12H22N4O2. The minimum absolute atomic E-state index is 0.188. The standard InChI is InChI=1S/C12H22N4O2/c1-9(2)11-10(12(17)18-5)13-14-16(11)8-6-7-15(3)4/h9H,6-8H2,1-5H3. The monoisotopic (exact) mass is 254 g/mol. The fourth-order valence-corrected chi connectivity index (χ4v) is 1.84. The molecule has 0 unspecified atom stereocenters. The molecule has 0 bridgehead atoms. The Morgan fingerprint density at radius 3 is 2.61 bits per heavy atom. The third kappa shape index (κ3) is 3.53. The second-order valence-corrected chi connectivity index (χ2v) is 4.85. The van der Waals surface area contributed by atoms with Gasteiger partial charge in [-0.3, -0.25) is 0 Å². The van der Waals surface area contributed by atoms with E-state index in [9.17, 15) is 4.79 Å². The summed E-state index contributed by atoms with van der Waals surface area (Å²) in [6.07, 6.45) is 0.969. The van der Waals surface area contributed by atoms with E-state index in [4.69, 9.17) is 4.74 Å². The number of ether oxygens (including phenoxy) is 1. The van der Waals surface area contributed by atoms with Crippen LogP contribution < -0.4 is 0 Å². The van der Waals surface area contributed by atoms with E-state index in [1.54, 1.807) is 4.68 Å². The van der Waals surface area contributed by atoms with E-state index in [-0.39, 0.29) is 5.92 Å². The zero-order chi connectivity index (χ0) is 13.7. The van der Waals surface area contributed by atoms with Gasteiger partial charge in [-0.1, -0.05) is 19.1 Å². The number of nitrogens with zero attached hydrogens (tertiary/aromatic N) is 4. The van der Waals surface area contributed by atoms with E-state index in [1.165, 1.54) is 7.11 Å². The van der Waals surface area contributed by atoms with Crippen molar-refractivity contribution in [2.45, 2.75) is 32.7 Å². The van der Waals surface area contributed by atoms with Crippen LogP contribution in [0.25, 0.3) is 0 Å². The first-order valence-corrected chi connectivity index (χ1v) is 6.13. The number of aryl methyl sites for hydroxylation is 1. The molecule has 0 saturated heterocycles. The summed E-state index contributed by atoms with van der Waals surface area (Å²) in [6, 6.07) is 0. The molecule has 0 aliphatic carbocycles. The molecule has 0 fully saturated rings. The highest BCUT2D eigenvalue weighted by molar-refractivity contribution is 5.88. The number of rotatable bonds is 6. The molecule has 0 atom stereocenters. The van der Waals surface area contributed by atoms with Gasteiger partial charge in [0.2, 0.25) is 0 Å². The molecule has 0 aliphatic rings. The minimum Gasteiger partial charge on any atom is -0.464 e. The largest absolute Gasteiger partial charge is 0.464 e. The summed E-state index contributed by atoms with van der Waals surface area (Å²) in [5.74, 6) is -0.231. The molecule has 0 radical (unpaired) electrons. The van der Waals surface area contributed by atoms with Crippen LogP contribution >= 0.6 is 0 Å². The first-order valence-electron chi connectivity index (χ1n) is 6.13. The third-order valence-electron chi connectivity index (χ3n) is 2.67. The highest BCUT2D eigenvalue weighted by atomic mass is 16.5. The molecule has 0 spiro atoms. The van der Waals surface area contributed by atoms with Crippen LogP contribution in [-0.4, -0.2) is 53.6 Å². The van der Waals surface area contributed by atoms with E-state index in [1.807, 2.05) is 27.9 Å². The van der Waals surface area contributed by atoms with Crippen molar-refractivity contribution < 1.29 is 9.53 Å². The topological polar surface area (TPSA) is 60.2 Å². The minimum atomic E-state index is -0.419. The normalized spacial score (nSPS) is 11.3. The van der Waals surface area contributed by atoms with Crippen LogP contribution in [0.15, 0.2) is 0 Å². The van der Waals surface area contributed by atoms with E-state index in [0.29, 0.717) is 5.69 Å². The molecule has 0 N–H and O–H groups in total. The lowest BCUT2D eigenvalue weighted by atomic mass is 10.1. The fourth-order valence-electron chi connectivity index (χ4n) is 1.84. The van der Waals surface area contributed by atoms with Crippen LogP contribution in [0.1, 0.15) is 42.4 Å². The molecule has 6 nitrogen and oxygen atoms in total. The van der Waals surface area contributed by atoms with Gasteiger partial charge in [0.15, 0.2) is 5.69 Å². The van der Waals surface area contributed by atoms with Gasteiger partial charge in [-0.2, -0.15) is 0 Å². The van der Waals surface area contributed by atoms with Crippen molar-refractivity contribution in [2.24, 2.45) is 0 Å². The summed E-state index contributed by atoms with van der Waals surface area (Å²) in [6.45, 7) is 5.78. The lowest BCUT2D eigenvalue weighted by molar-refractivity contribution is 0.0592. The Kier molecular flexibility index (Phi) is 5.27. The molecule has 0 saturated carbocycles. The Balaban J connectivity index is 2.85. The van der Waals surface area contributed by atoms with Gasteiger partial charge in [0.1, 0.15) is 0 Å². The van der Waals surface area contributed by atoms with Gasteiger partial charge in [0.25, 0.3) is 0 Å². The van der Waals surface area contributed by atoms with Gasteiger partial charge in [-0.05, 0) is 33.0 Å². The Morgan fingerprint density at radius 1 is 1.44 bits per heavy atom. The van der Waals surface area contributed by atoms with Gasteiger partial charge in [0, 0.05) is 6.54 Å². The maximum Gasteiger partial charge on any atom is 0.360 e. The van der Waals surface area contributed by atoms with Crippen molar-refractivity contribution in [1.82, 2.24) is 19.9 Å². The average molecular weight is 254 g/mol.